The Bertz CT molecular complexity index is 1450. The summed E-state index contributed by atoms with van der Waals surface area (Å²) >= 11 is 3.07. The van der Waals surface area contributed by atoms with Crippen LogP contribution >= 0.6 is 23.1 Å². The number of aromatic nitrogens is 2. The van der Waals surface area contributed by atoms with E-state index in [1.165, 1.54) is 28.3 Å². The number of benzene rings is 1. The van der Waals surface area contributed by atoms with Gasteiger partial charge in [0.25, 0.3) is 5.56 Å². The highest BCUT2D eigenvalue weighted by atomic mass is 32.2. The van der Waals surface area contributed by atoms with Crippen LogP contribution in [0.15, 0.2) is 56.1 Å². The van der Waals surface area contributed by atoms with E-state index in [2.05, 4.69) is 6.58 Å². The summed E-state index contributed by atoms with van der Waals surface area (Å²) in [4.78, 5) is 32.3. The maximum atomic E-state index is 13.3. The lowest BCUT2D eigenvalue weighted by Gasteiger charge is -2.11. The van der Waals surface area contributed by atoms with E-state index in [0.29, 0.717) is 28.8 Å². The average molecular weight is 453 g/mol. The van der Waals surface area contributed by atoms with Gasteiger partial charge in [0.2, 0.25) is 0 Å². The molecule has 0 N–H and O–H groups in total. The molecule has 1 aliphatic rings. The molecule has 0 aliphatic heterocycles. The predicted molar refractivity (Wildman–Crippen MR) is 125 cm³/mol. The predicted octanol–water partition coefficient (Wildman–Crippen LogP) is 4.54. The largest absolute Gasteiger partial charge is 0.497 e. The van der Waals surface area contributed by atoms with E-state index >= 15 is 0 Å². The van der Waals surface area contributed by atoms with Crippen LogP contribution in [0.25, 0.3) is 21.2 Å². The van der Waals surface area contributed by atoms with Crippen molar-refractivity contribution < 1.29 is 9.15 Å². The number of methoxy groups -OCH3 is 1. The van der Waals surface area contributed by atoms with E-state index in [4.69, 9.17) is 14.1 Å². The lowest BCUT2D eigenvalue weighted by Crippen LogP contribution is -2.22. The molecule has 6 nitrogen and oxygen atoms in total. The number of nitrogens with zero attached hydrogens (tertiary/aromatic N) is 2. The third-order valence-corrected chi connectivity index (χ3v) is 7.71. The quantitative estimate of drug-likeness (QED) is 0.185. The first-order chi connectivity index (χ1) is 15.1. The van der Waals surface area contributed by atoms with Crippen molar-refractivity contribution in [2.45, 2.75) is 36.7 Å². The number of hydrogen-bond donors (Lipinski definition) is 0. The second kappa shape index (κ2) is 8.01. The molecule has 0 saturated carbocycles. The lowest BCUT2D eigenvalue weighted by molar-refractivity contribution is 0.414. The average Bonchev–Trinajstić information content (AvgIpc) is 3.34. The van der Waals surface area contributed by atoms with Crippen LogP contribution in [0, 0.1) is 0 Å². The van der Waals surface area contributed by atoms with Crippen molar-refractivity contribution in [3.63, 3.8) is 0 Å². The minimum atomic E-state index is -0.419. The Balaban J connectivity index is 1.57. The molecule has 4 aromatic rings. The molecule has 0 amide bonds. The van der Waals surface area contributed by atoms with Gasteiger partial charge in [-0.3, -0.25) is 9.36 Å². The minimum absolute atomic E-state index is 0.00558. The number of ether oxygens (including phenoxy) is 1. The van der Waals surface area contributed by atoms with E-state index < -0.39 is 5.63 Å². The van der Waals surface area contributed by atoms with Crippen LogP contribution in [0.2, 0.25) is 0 Å². The molecule has 3 aromatic heterocycles. The molecule has 0 bridgehead atoms. The van der Waals surface area contributed by atoms with Crippen molar-refractivity contribution in [3.05, 3.63) is 73.7 Å². The van der Waals surface area contributed by atoms with E-state index in [1.54, 1.807) is 35.2 Å². The summed E-state index contributed by atoms with van der Waals surface area (Å²) in [6.45, 7) is 4.20. The van der Waals surface area contributed by atoms with Crippen LogP contribution in [0.1, 0.15) is 22.4 Å². The summed E-state index contributed by atoms with van der Waals surface area (Å²) in [7, 11) is 1.57. The molecule has 5 rings (SSSR count). The molecule has 31 heavy (non-hydrogen) atoms. The smallest absolute Gasteiger partial charge is 0.336 e. The van der Waals surface area contributed by atoms with E-state index in [-0.39, 0.29) is 5.56 Å². The van der Waals surface area contributed by atoms with Crippen molar-refractivity contribution in [3.8, 4) is 5.75 Å². The first-order valence-corrected chi connectivity index (χ1v) is 11.8. The lowest BCUT2D eigenvalue weighted by atomic mass is 10.1. The number of thioether (sulfide) groups is 1. The topological polar surface area (TPSA) is 74.3 Å². The number of hydrogen-bond acceptors (Lipinski definition) is 7. The number of fused-ring (bicyclic) bond motifs is 4. The summed E-state index contributed by atoms with van der Waals surface area (Å²) in [5.41, 5.74) is 2.05. The van der Waals surface area contributed by atoms with E-state index in [0.717, 1.165) is 40.4 Å². The SMILES string of the molecule is C=CCn1c(SCc2cc(=O)oc3cc(OC)ccc23)nc2sc3c(c2c1=O)CCC3. The van der Waals surface area contributed by atoms with Gasteiger partial charge in [-0.05, 0) is 42.5 Å². The van der Waals surface area contributed by atoms with Gasteiger partial charge in [-0.25, -0.2) is 9.78 Å². The van der Waals surface area contributed by atoms with Gasteiger partial charge < -0.3 is 9.15 Å². The molecule has 1 aromatic carbocycles. The molecule has 1 aliphatic carbocycles. The van der Waals surface area contributed by atoms with Crippen molar-refractivity contribution in [2.24, 2.45) is 0 Å². The van der Waals surface area contributed by atoms with Crippen molar-refractivity contribution in [2.75, 3.05) is 7.11 Å². The van der Waals surface area contributed by atoms with Gasteiger partial charge in [-0.15, -0.1) is 17.9 Å². The molecule has 0 saturated heterocycles. The zero-order valence-corrected chi connectivity index (χ0v) is 18.6. The minimum Gasteiger partial charge on any atom is -0.497 e. The van der Waals surface area contributed by atoms with Gasteiger partial charge >= 0.3 is 5.63 Å². The van der Waals surface area contributed by atoms with Crippen LogP contribution < -0.4 is 15.9 Å². The van der Waals surface area contributed by atoms with E-state index in [1.807, 2.05) is 12.1 Å². The summed E-state index contributed by atoms with van der Waals surface area (Å²) in [6.07, 6.45) is 4.78. The maximum absolute atomic E-state index is 13.3. The summed E-state index contributed by atoms with van der Waals surface area (Å²) in [5, 5.41) is 2.23. The van der Waals surface area contributed by atoms with Gasteiger partial charge in [0.1, 0.15) is 16.2 Å². The molecule has 8 heteroatoms. The molecule has 0 unspecified atom stereocenters. The molecule has 0 atom stereocenters. The highest BCUT2D eigenvalue weighted by molar-refractivity contribution is 7.98. The monoisotopic (exact) mass is 452 g/mol. The molecule has 0 spiro atoms. The van der Waals surface area contributed by atoms with Crippen molar-refractivity contribution in [1.29, 1.82) is 0 Å². The summed E-state index contributed by atoms with van der Waals surface area (Å²) < 4.78 is 12.3. The number of aryl methyl sites for hydroxylation is 2. The number of thiophene rings is 1. The first-order valence-electron chi connectivity index (χ1n) is 9.98. The Hall–Kier alpha value is -2.84. The molecule has 3 heterocycles. The molecule has 0 fully saturated rings. The fourth-order valence-corrected chi connectivity index (χ4v) is 6.36. The fourth-order valence-electron chi connectivity index (χ4n) is 4.06. The van der Waals surface area contributed by atoms with Crippen LogP contribution in [-0.2, 0) is 25.1 Å². The van der Waals surface area contributed by atoms with Gasteiger partial charge in [0, 0.05) is 34.7 Å². The van der Waals surface area contributed by atoms with Gasteiger partial charge in [-0.1, -0.05) is 17.8 Å². The Morgan fingerprint density at radius 3 is 3.00 bits per heavy atom. The number of rotatable bonds is 6. The summed E-state index contributed by atoms with van der Waals surface area (Å²) in [6, 6.07) is 6.91. The number of allylic oxidation sites excluding steroid dienone is 1. The Morgan fingerprint density at radius 2 is 2.19 bits per heavy atom. The second-order valence-electron chi connectivity index (χ2n) is 7.38. The highest BCUT2D eigenvalue weighted by Gasteiger charge is 2.23. The molecular weight excluding hydrogens is 432 g/mol. The summed E-state index contributed by atoms with van der Waals surface area (Å²) in [5.74, 6) is 1.10. The first kappa shape index (κ1) is 20.1. The second-order valence-corrected chi connectivity index (χ2v) is 9.40. The Labute approximate surface area is 186 Å². The Morgan fingerprint density at radius 1 is 1.32 bits per heavy atom. The van der Waals surface area contributed by atoms with Crippen molar-refractivity contribution >= 4 is 44.3 Å². The maximum Gasteiger partial charge on any atom is 0.336 e. The fraction of sp³-hybridized carbons (Fsp3) is 0.261. The van der Waals surface area contributed by atoms with Gasteiger partial charge in [-0.2, -0.15) is 0 Å². The molecule has 158 valence electrons. The normalized spacial score (nSPS) is 13.1. The Kier molecular flexibility index (Phi) is 5.19. The zero-order chi connectivity index (χ0) is 21.5. The van der Waals surface area contributed by atoms with Crippen LogP contribution in [0.4, 0.5) is 0 Å². The van der Waals surface area contributed by atoms with Crippen LogP contribution in [0.5, 0.6) is 5.75 Å². The van der Waals surface area contributed by atoms with Crippen molar-refractivity contribution in [1.82, 2.24) is 9.55 Å². The standard InChI is InChI=1S/C23H20N2O4S2/c1-3-9-25-22(27)20-16-5-4-6-18(16)31-21(20)24-23(25)30-12-13-10-19(26)29-17-11-14(28-2)7-8-15(13)17/h3,7-8,10-11H,1,4-6,9,12H2,2H3. The van der Waals surface area contributed by atoms with Crippen LogP contribution in [-0.4, -0.2) is 16.7 Å². The molecule has 0 radical (unpaired) electrons. The third kappa shape index (κ3) is 3.49. The highest BCUT2D eigenvalue weighted by Crippen LogP contribution is 2.36. The van der Waals surface area contributed by atoms with E-state index in [9.17, 15) is 9.59 Å². The molecular formula is C23H20N2O4S2. The van der Waals surface area contributed by atoms with Gasteiger partial charge in [0.15, 0.2) is 5.16 Å². The van der Waals surface area contributed by atoms with Gasteiger partial charge in [0.05, 0.1) is 12.5 Å². The zero-order valence-electron chi connectivity index (χ0n) is 17.0. The van der Waals surface area contributed by atoms with Crippen LogP contribution in [0.3, 0.4) is 0 Å². The third-order valence-electron chi connectivity index (χ3n) is 5.50.